The van der Waals surface area contributed by atoms with Gasteiger partial charge in [0.2, 0.25) is 0 Å². The zero-order valence-electron chi connectivity index (χ0n) is 12.9. The molecule has 0 fully saturated rings. The van der Waals surface area contributed by atoms with Crippen LogP contribution in [-0.4, -0.2) is 32.8 Å². The lowest BCUT2D eigenvalue weighted by molar-refractivity contribution is 0.114. The maximum absolute atomic E-state index is 6.11. The lowest BCUT2D eigenvalue weighted by Gasteiger charge is -2.13. The Balaban J connectivity index is 0.00000400. The molecule has 0 aliphatic carbocycles. The standard InChI is InChI=1S/C15H24ClN3O.HI/c1-12(2)11-20-9-8-18-15(17-3)19-10-13-6-4-5-7-14(13)16;/h4-7,12H,8-11H2,1-3H3,(H2,17,18,19);1H. The Bertz CT molecular complexity index is 427. The van der Waals surface area contributed by atoms with Gasteiger partial charge in [-0.1, -0.05) is 43.6 Å². The second-order valence-corrected chi connectivity index (χ2v) is 5.32. The molecule has 1 rings (SSSR count). The summed E-state index contributed by atoms with van der Waals surface area (Å²) in [5.74, 6) is 1.31. The molecule has 0 bridgehead atoms. The average Bonchev–Trinajstić information content (AvgIpc) is 2.43. The number of nitrogens with one attached hydrogen (secondary N) is 2. The van der Waals surface area contributed by atoms with E-state index in [1.807, 2.05) is 24.3 Å². The van der Waals surface area contributed by atoms with E-state index in [1.165, 1.54) is 0 Å². The third-order valence-corrected chi connectivity index (χ3v) is 2.99. The van der Waals surface area contributed by atoms with Gasteiger partial charge >= 0.3 is 0 Å². The van der Waals surface area contributed by atoms with Gasteiger partial charge in [0.25, 0.3) is 0 Å². The lowest BCUT2D eigenvalue weighted by atomic mass is 10.2. The molecule has 0 aromatic heterocycles. The summed E-state index contributed by atoms with van der Waals surface area (Å²) in [6.45, 7) is 7.11. The van der Waals surface area contributed by atoms with Crippen molar-refractivity contribution in [1.29, 1.82) is 0 Å². The third-order valence-electron chi connectivity index (χ3n) is 2.62. The molecule has 2 N–H and O–H groups in total. The highest BCUT2D eigenvalue weighted by atomic mass is 127. The van der Waals surface area contributed by atoms with Crippen LogP contribution in [0.4, 0.5) is 0 Å². The molecule has 6 heteroatoms. The van der Waals surface area contributed by atoms with E-state index in [0.717, 1.165) is 29.7 Å². The van der Waals surface area contributed by atoms with Crippen LogP contribution in [0.3, 0.4) is 0 Å². The first-order valence-electron chi connectivity index (χ1n) is 6.89. The van der Waals surface area contributed by atoms with E-state index in [-0.39, 0.29) is 24.0 Å². The molecule has 21 heavy (non-hydrogen) atoms. The van der Waals surface area contributed by atoms with Gasteiger partial charge in [-0.3, -0.25) is 4.99 Å². The largest absolute Gasteiger partial charge is 0.379 e. The van der Waals surface area contributed by atoms with Crippen molar-refractivity contribution in [3.05, 3.63) is 34.9 Å². The Morgan fingerprint density at radius 3 is 2.62 bits per heavy atom. The van der Waals surface area contributed by atoms with Crippen molar-refractivity contribution in [1.82, 2.24) is 10.6 Å². The highest BCUT2D eigenvalue weighted by molar-refractivity contribution is 14.0. The molecule has 0 aliphatic rings. The van der Waals surface area contributed by atoms with Crippen molar-refractivity contribution in [2.75, 3.05) is 26.8 Å². The maximum atomic E-state index is 6.11. The Morgan fingerprint density at radius 2 is 2.00 bits per heavy atom. The number of guanidine groups is 1. The quantitative estimate of drug-likeness (QED) is 0.305. The predicted octanol–water partition coefficient (Wildman–Crippen LogP) is 3.30. The SMILES string of the molecule is CN=C(NCCOCC(C)C)NCc1ccccc1Cl.I. The van der Waals surface area contributed by atoms with Crippen molar-refractivity contribution in [2.45, 2.75) is 20.4 Å². The molecule has 0 unspecified atom stereocenters. The smallest absolute Gasteiger partial charge is 0.191 e. The van der Waals surface area contributed by atoms with Crippen LogP contribution in [0.25, 0.3) is 0 Å². The number of aliphatic imine (C=N–C) groups is 1. The van der Waals surface area contributed by atoms with E-state index in [2.05, 4.69) is 29.5 Å². The molecule has 0 spiro atoms. The first kappa shape index (κ1) is 20.5. The van der Waals surface area contributed by atoms with Crippen molar-refractivity contribution >= 4 is 41.5 Å². The highest BCUT2D eigenvalue weighted by Crippen LogP contribution is 2.13. The van der Waals surface area contributed by atoms with Crippen molar-refractivity contribution in [3.8, 4) is 0 Å². The molecule has 4 nitrogen and oxygen atoms in total. The number of rotatable bonds is 7. The summed E-state index contributed by atoms with van der Waals surface area (Å²) in [5, 5.41) is 7.19. The monoisotopic (exact) mass is 425 g/mol. The first-order valence-corrected chi connectivity index (χ1v) is 7.27. The minimum Gasteiger partial charge on any atom is -0.379 e. The van der Waals surface area contributed by atoms with Crippen LogP contribution >= 0.6 is 35.6 Å². The first-order chi connectivity index (χ1) is 9.63. The summed E-state index contributed by atoms with van der Waals surface area (Å²) in [5.41, 5.74) is 1.05. The Kier molecular flexibility index (Phi) is 11.8. The molecule has 1 aromatic carbocycles. The van der Waals surface area contributed by atoms with Crippen molar-refractivity contribution in [3.63, 3.8) is 0 Å². The highest BCUT2D eigenvalue weighted by Gasteiger charge is 2.01. The molecular weight excluding hydrogens is 401 g/mol. The van der Waals surface area contributed by atoms with Gasteiger partial charge in [0.05, 0.1) is 6.61 Å². The van der Waals surface area contributed by atoms with Gasteiger partial charge in [-0.15, -0.1) is 24.0 Å². The van der Waals surface area contributed by atoms with Crippen LogP contribution in [0.2, 0.25) is 5.02 Å². The van der Waals surface area contributed by atoms with E-state index < -0.39 is 0 Å². The van der Waals surface area contributed by atoms with Gasteiger partial charge in [0.15, 0.2) is 5.96 Å². The van der Waals surface area contributed by atoms with Gasteiger partial charge in [-0.25, -0.2) is 0 Å². The van der Waals surface area contributed by atoms with Crippen LogP contribution in [0.1, 0.15) is 19.4 Å². The summed E-state index contributed by atoms with van der Waals surface area (Å²) < 4.78 is 5.51. The number of hydrogen-bond donors (Lipinski definition) is 2. The molecule has 0 amide bonds. The summed E-state index contributed by atoms with van der Waals surface area (Å²) in [6, 6.07) is 7.77. The van der Waals surface area contributed by atoms with Gasteiger partial charge in [0.1, 0.15) is 0 Å². The van der Waals surface area contributed by atoms with E-state index in [0.29, 0.717) is 19.1 Å². The van der Waals surface area contributed by atoms with E-state index in [1.54, 1.807) is 7.05 Å². The van der Waals surface area contributed by atoms with Crippen LogP contribution in [0.5, 0.6) is 0 Å². The molecular formula is C15H25ClIN3O. The van der Waals surface area contributed by atoms with Crippen LogP contribution in [-0.2, 0) is 11.3 Å². The topological polar surface area (TPSA) is 45.7 Å². The predicted molar refractivity (Wildman–Crippen MR) is 101 cm³/mol. The summed E-state index contributed by atoms with van der Waals surface area (Å²) in [7, 11) is 1.75. The molecule has 1 aromatic rings. The third kappa shape index (κ3) is 9.16. The summed E-state index contributed by atoms with van der Waals surface area (Å²) in [4.78, 5) is 4.16. The van der Waals surface area contributed by atoms with E-state index in [4.69, 9.17) is 16.3 Å². The zero-order chi connectivity index (χ0) is 14.8. The molecule has 0 radical (unpaired) electrons. The molecule has 0 saturated carbocycles. The molecule has 0 aliphatic heterocycles. The van der Waals surface area contributed by atoms with Gasteiger partial charge in [-0.2, -0.15) is 0 Å². The zero-order valence-corrected chi connectivity index (χ0v) is 15.9. The van der Waals surface area contributed by atoms with Crippen molar-refractivity contribution < 1.29 is 4.74 Å². The fourth-order valence-corrected chi connectivity index (χ4v) is 1.80. The number of hydrogen-bond acceptors (Lipinski definition) is 2. The van der Waals surface area contributed by atoms with Crippen LogP contribution in [0, 0.1) is 5.92 Å². The van der Waals surface area contributed by atoms with Gasteiger partial charge in [0, 0.05) is 31.8 Å². The number of benzene rings is 1. The molecule has 120 valence electrons. The second-order valence-electron chi connectivity index (χ2n) is 4.91. The Labute approximate surface area is 149 Å². The minimum atomic E-state index is 0. The van der Waals surface area contributed by atoms with Crippen LogP contribution < -0.4 is 10.6 Å². The maximum Gasteiger partial charge on any atom is 0.191 e. The molecule has 0 heterocycles. The average molecular weight is 426 g/mol. The Hall–Kier alpha value is -0.530. The summed E-state index contributed by atoms with van der Waals surface area (Å²) in [6.07, 6.45) is 0. The normalized spacial score (nSPS) is 11.2. The molecule has 0 atom stereocenters. The minimum absolute atomic E-state index is 0. The lowest BCUT2D eigenvalue weighted by Crippen LogP contribution is -2.38. The second kappa shape index (κ2) is 12.1. The van der Waals surface area contributed by atoms with Gasteiger partial charge < -0.3 is 15.4 Å². The van der Waals surface area contributed by atoms with E-state index >= 15 is 0 Å². The van der Waals surface area contributed by atoms with Crippen LogP contribution in [0.15, 0.2) is 29.3 Å². The molecule has 0 saturated heterocycles. The Morgan fingerprint density at radius 1 is 1.29 bits per heavy atom. The van der Waals surface area contributed by atoms with Crippen molar-refractivity contribution in [2.24, 2.45) is 10.9 Å². The number of halogens is 2. The van der Waals surface area contributed by atoms with Gasteiger partial charge in [-0.05, 0) is 17.5 Å². The summed E-state index contributed by atoms with van der Waals surface area (Å²) >= 11 is 6.11. The fourth-order valence-electron chi connectivity index (χ4n) is 1.60. The fraction of sp³-hybridized carbons (Fsp3) is 0.533. The number of ether oxygens (including phenoxy) is 1. The number of nitrogens with zero attached hydrogens (tertiary/aromatic N) is 1. The van der Waals surface area contributed by atoms with E-state index in [9.17, 15) is 0 Å².